The van der Waals surface area contributed by atoms with Crippen molar-refractivity contribution in [2.75, 3.05) is 13.1 Å². The molecule has 10 heteroatoms. The molecule has 0 aromatic rings. The molecule has 0 aromatic carbocycles. The molecule has 41 heavy (non-hydrogen) atoms. The number of urea groups is 1. The molecule has 2 unspecified atom stereocenters. The van der Waals surface area contributed by atoms with Crippen LogP contribution in [0.15, 0.2) is 25.3 Å². The molecule has 2 aliphatic carbocycles. The van der Waals surface area contributed by atoms with E-state index in [1.165, 1.54) is 6.08 Å². The van der Waals surface area contributed by atoms with Gasteiger partial charge in [-0.15, -0.1) is 13.2 Å². The summed E-state index contributed by atoms with van der Waals surface area (Å²) in [5.74, 6) is -2.22. The van der Waals surface area contributed by atoms with Crippen LogP contribution in [0.2, 0.25) is 0 Å². The van der Waals surface area contributed by atoms with Crippen molar-refractivity contribution in [1.82, 2.24) is 26.2 Å². The largest absolute Gasteiger partial charge is 0.346 e. The number of allylic oxidation sites excluding steroid dienone is 1. The fourth-order valence-electron chi connectivity index (χ4n) is 6.58. The van der Waals surface area contributed by atoms with Gasteiger partial charge in [-0.3, -0.25) is 19.2 Å². The van der Waals surface area contributed by atoms with E-state index in [1.807, 2.05) is 20.8 Å². The number of likely N-dealkylation sites (tertiary alicyclic amines) is 1. The minimum absolute atomic E-state index is 0.0221. The minimum Gasteiger partial charge on any atom is -0.346 e. The zero-order chi connectivity index (χ0) is 30.5. The number of hydrogen-bond donors (Lipinski definition) is 4. The van der Waals surface area contributed by atoms with Crippen molar-refractivity contribution in [2.45, 2.75) is 103 Å². The average Bonchev–Trinajstić information content (AvgIpc) is 3.23. The number of nitrogens with one attached hydrogen (secondary N) is 4. The van der Waals surface area contributed by atoms with E-state index in [0.717, 1.165) is 32.1 Å². The molecule has 2 saturated carbocycles. The van der Waals surface area contributed by atoms with Gasteiger partial charge in [0.2, 0.25) is 17.6 Å². The van der Waals surface area contributed by atoms with Gasteiger partial charge in [0.05, 0.1) is 6.04 Å². The van der Waals surface area contributed by atoms with E-state index in [0.29, 0.717) is 13.0 Å². The van der Waals surface area contributed by atoms with Crippen LogP contribution in [0.5, 0.6) is 0 Å². The van der Waals surface area contributed by atoms with Crippen LogP contribution in [0.4, 0.5) is 4.79 Å². The SMILES string of the molecule is C=CCCC(NC(=O)[C@@H]1[C@@H]2[C@H](CN1C(=O)C(NC(=O)NC(C)(C)C)C1CCCCC1)C2(C)C)C(=O)C(=O)NCC=C. The molecule has 4 N–H and O–H groups in total. The fraction of sp³-hybridized carbons (Fsp3) is 0.710. The number of hydrogen-bond acceptors (Lipinski definition) is 5. The third-order valence-electron chi connectivity index (χ3n) is 8.85. The highest BCUT2D eigenvalue weighted by Crippen LogP contribution is 2.65. The predicted molar refractivity (Wildman–Crippen MR) is 158 cm³/mol. The maximum absolute atomic E-state index is 14.2. The van der Waals surface area contributed by atoms with Gasteiger partial charge in [0.15, 0.2) is 0 Å². The molecule has 0 radical (unpaired) electrons. The summed E-state index contributed by atoms with van der Waals surface area (Å²) in [6.45, 7) is 17.6. The lowest BCUT2D eigenvalue weighted by Crippen LogP contribution is -2.61. The number of carbonyl (C=O) groups is 5. The lowest BCUT2D eigenvalue weighted by molar-refractivity contribution is -0.144. The average molecular weight is 572 g/mol. The van der Waals surface area contributed by atoms with Crippen molar-refractivity contribution in [3.8, 4) is 0 Å². The molecule has 228 valence electrons. The summed E-state index contributed by atoms with van der Waals surface area (Å²) in [7, 11) is 0. The highest BCUT2D eigenvalue weighted by Gasteiger charge is 2.69. The molecule has 1 heterocycles. The molecule has 1 aliphatic heterocycles. The third-order valence-corrected chi connectivity index (χ3v) is 8.85. The van der Waals surface area contributed by atoms with E-state index in [-0.39, 0.29) is 42.0 Å². The highest BCUT2D eigenvalue weighted by atomic mass is 16.2. The zero-order valence-electron chi connectivity index (χ0n) is 25.4. The number of fused-ring (bicyclic) bond motifs is 1. The monoisotopic (exact) mass is 571 g/mol. The first kappa shape index (κ1) is 32.3. The van der Waals surface area contributed by atoms with Crippen molar-refractivity contribution >= 4 is 29.5 Å². The highest BCUT2D eigenvalue weighted by molar-refractivity contribution is 6.38. The molecule has 0 spiro atoms. The van der Waals surface area contributed by atoms with Gasteiger partial charge >= 0.3 is 6.03 Å². The van der Waals surface area contributed by atoms with Gasteiger partial charge in [-0.05, 0) is 69.6 Å². The van der Waals surface area contributed by atoms with Gasteiger partial charge < -0.3 is 26.2 Å². The van der Waals surface area contributed by atoms with E-state index in [9.17, 15) is 24.0 Å². The summed E-state index contributed by atoms with van der Waals surface area (Å²) in [5.41, 5.74) is -0.616. The summed E-state index contributed by atoms with van der Waals surface area (Å²) in [6, 6.07) is -3.01. The number of amides is 5. The lowest BCUT2D eigenvalue weighted by Gasteiger charge is -2.37. The number of carbonyl (C=O) groups excluding carboxylic acids is 5. The topological polar surface area (TPSA) is 137 Å². The maximum atomic E-state index is 14.2. The molecular weight excluding hydrogens is 522 g/mol. The summed E-state index contributed by atoms with van der Waals surface area (Å²) in [5, 5.41) is 11.1. The minimum atomic E-state index is -1.05. The van der Waals surface area contributed by atoms with Crippen LogP contribution in [0.1, 0.15) is 79.6 Å². The van der Waals surface area contributed by atoms with E-state index < -0.39 is 47.3 Å². The summed E-state index contributed by atoms with van der Waals surface area (Å²) in [6.07, 6.45) is 8.46. The van der Waals surface area contributed by atoms with Crippen molar-refractivity contribution < 1.29 is 24.0 Å². The number of piperidine rings is 1. The van der Waals surface area contributed by atoms with Gasteiger partial charge in [0, 0.05) is 18.6 Å². The summed E-state index contributed by atoms with van der Waals surface area (Å²) < 4.78 is 0. The quantitative estimate of drug-likeness (QED) is 0.211. The second-order valence-electron chi connectivity index (χ2n) is 13.4. The van der Waals surface area contributed by atoms with Crippen molar-refractivity contribution in [3.63, 3.8) is 0 Å². The zero-order valence-corrected chi connectivity index (χ0v) is 25.4. The number of ketones is 1. The summed E-state index contributed by atoms with van der Waals surface area (Å²) in [4.78, 5) is 68.0. The van der Waals surface area contributed by atoms with Gasteiger partial charge in [-0.1, -0.05) is 45.3 Å². The number of Topliss-reactive ketones (excluding diaryl/α,β-unsaturated/α-hetero) is 1. The van der Waals surface area contributed by atoms with Gasteiger partial charge in [-0.25, -0.2) is 4.79 Å². The van der Waals surface area contributed by atoms with Gasteiger partial charge in [0.25, 0.3) is 5.91 Å². The number of rotatable bonds is 12. The molecular formula is C31H49N5O5. The Labute approximate surface area is 244 Å². The standard InChI is InChI=1S/C31H49N5O5/c1-8-10-16-21(25(37)27(39)32-17-9-2)33-26(38)24-22-20(31(22,6)7)18-36(24)28(40)23(19-14-12-11-13-15-19)34-29(41)35-30(3,4)5/h8-9,19-24H,1-2,10-18H2,3-7H3,(H,32,39)(H,33,38)(H2,34,35,41)/t20-,21?,22-,23?,24-/m0/s1. The Morgan fingerprint density at radius 3 is 2.24 bits per heavy atom. The van der Waals surface area contributed by atoms with Crippen molar-refractivity contribution in [2.24, 2.45) is 23.2 Å². The normalized spacial score (nSPS) is 24.7. The fourth-order valence-corrected chi connectivity index (χ4v) is 6.58. The Morgan fingerprint density at radius 1 is 1.00 bits per heavy atom. The first-order valence-corrected chi connectivity index (χ1v) is 15.0. The van der Waals surface area contributed by atoms with Crippen LogP contribution >= 0.6 is 0 Å². The van der Waals surface area contributed by atoms with Gasteiger partial charge in [0.1, 0.15) is 12.1 Å². The van der Waals surface area contributed by atoms with Crippen LogP contribution in [0, 0.1) is 23.2 Å². The molecule has 0 bridgehead atoms. The predicted octanol–water partition coefficient (Wildman–Crippen LogP) is 2.84. The van der Waals surface area contributed by atoms with Crippen LogP contribution in [-0.2, 0) is 19.2 Å². The molecule has 5 amide bonds. The summed E-state index contributed by atoms with van der Waals surface area (Å²) >= 11 is 0. The second-order valence-corrected chi connectivity index (χ2v) is 13.4. The molecule has 0 aromatic heterocycles. The second kappa shape index (κ2) is 13.2. The van der Waals surface area contributed by atoms with Crippen LogP contribution in [0.25, 0.3) is 0 Å². The third kappa shape index (κ3) is 7.77. The van der Waals surface area contributed by atoms with E-state index in [1.54, 1.807) is 11.0 Å². The van der Waals surface area contributed by atoms with Crippen molar-refractivity contribution in [3.05, 3.63) is 25.3 Å². The van der Waals surface area contributed by atoms with Crippen molar-refractivity contribution in [1.29, 1.82) is 0 Å². The van der Waals surface area contributed by atoms with Crippen LogP contribution < -0.4 is 21.3 Å². The van der Waals surface area contributed by atoms with Crippen LogP contribution in [-0.4, -0.2) is 71.2 Å². The lowest BCUT2D eigenvalue weighted by atomic mass is 9.83. The number of nitrogens with zero attached hydrogens (tertiary/aromatic N) is 1. The molecule has 3 rings (SSSR count). The molecule has 10 nitrogen and oxygen atoms in total. The Bertz CT molecular complexity index is 1040. The van der Waals surface area contributed by atoms with E-state index in [4.69, 9.17) is 0 Å². The molecule has 1 saturated heterocycles. The maximum Gasteiger partial charge on any atom is 0.315 e. The Hall–Kier alpha value is -3.17. The van der Waals surface area contributed by atoms with E-state index in [2.05, 4.69) is 48.3 Å². The molecule has 5 atom stereocenters. The first-order chi connectivity index (χ1) is 19.2. The Kier molecular flexibility index (Phi) is 10.4. The van der Waals surface area contributed by atoms with Gasteiger partial charge in [-0.2, -0.15) is 0 Å². The van der Waals surface area contributed by atoms with Crippen LogP contribution in [0.3, 0.4) is 0 Å². The Morgan fingerprint density at radius 2 is 1.66 bits per heavy atom. The van der Waals surface area contributed by atoms with E-state index >= 15 is 0 Å². The Balaban J connectivity index is 1.85. The smallest absolute Gasteiger partial charge is 0.315 e. The molecule has 3 fully saturated rings. The first-order valence-electron chi connectivity index (χ1n) is 15.0. The molecule has 3 aliphatic rings.